The molecule has 16 heteroatoms. The zero-order valence-electron chi connectivity index (χ0n) is 17.1. The summed E-state index contributed by atoms with van der Waals surface area (Å²) in [7, 11) is -10.00. The van der Waals surface area contributed by atoms with Gasteiger partial charge in [0.25, 0.3) is 0 Å². The molecule has 2 aromatic rings. The molecule has 0 saturated heterocycles. The van der Waals surface area contributed by atoms with Crippen LogP contribution in [0, 0.1) is 10.1 Å². The molecule has 0 aromatic carbocycles. The van der Waals surface area contributed by atoms with Crippen molar-refractivity contribution in [3.8, 4) is 0 Å². The van der Waals surface area contributed by atoms with Crippen molar-refractivity contribution in [2.24, 2.45) is 0 Å². The van der Waals surface area contributed by atoms with E-state index in [1.165, 1.54) is 12.3 Å². The summed E-state index contributed by atoms with van der Waals surface area (Å²) in [5, 5.41) is 18.1. The molecule has 0 aliphatic rings. The van der Waals surface area contributed by atoms with Crippen LogP contribution >= 0.6 is 15.6 Å². The number of nitrogens with zero attached hydrogens (tertiary/aromatic N) is 3. The molecule has 1 atom stereocenters. The third kappa shape index (κ3) is 8.24. The lowest BCUT2D eigenvalue weighted by atomic mass is 10.1. The number of hydrogen-bond donors (Lipinski definition) is 4. The monoisotopic (exact) mass is 492 g/mol. The molecule has 0 bridgehead atoms. The molecule has 0 aliphatic carbocycles. The quantitative estimate of drug-likeness (QED) is 0.145. The van der Waals surface area contributed by atoms with Crippen LogP contribution in [-0.2, 0) is 18.0 Å². The summed E-state index contributed by atoms with van der Waals surface area (Å²) in [5.41, 5.74) is 1.55. The van der Waals surface area contributed by atoms with Gasteiger partial charge < -0.3 is 24.5 Å². The van der Waals surface area contributed by atoms with E-state index >= 15 is 0 Å². The van der Waals surface area contributed by atoms with E-state index in [-0.39, 0.29) is 17.9 Å². The number of anilines is 1. The molecule has 32 heavy (non-hydrogen) atoms. The molecule has 2 heterocycles. The van der Waals surface area contributed by atoms with Gasteiger partial charge in [0.15, 0.2) is 0 Å². The molecule has 0 spiro atoms. The predicted octanol–water partition coefficient (Wildman–Crippen LogP) is 3.44. The van der Waals surface area contributed by atoms with Gasteiger partial charge in [0.1, 0.15) is 12.0 Å². The second kappa shape index (κ2) is 10.9. The number of fused-ring (bicyclic) bond motifs is 1. The first-order valence-corrected chi connectivity index (χ1v) is 12.1. The van der Waals surface area contributed by atoms with E-state index in [0.29, 0.717) is 30.6 Å². The highest BCUT2D eigenvalue weighted by atomic mass is 31.3. The number of pyridine rings is 1. The summed E-state index contributed by atoms with van der Waals surface area (Å²) in [6.07, 6.45) is 7.14. The Hall–Kier alpha value is -2.44. The highest BCUT2D eigenvalue weighted by Crippen LogP contribution is 2.57. The van der Waals surface area contributed by atoms with Gasteiger partial charge in [0.2, 0.25) is 5.58 Å². The fourth-order valence-electron chi connectivity index (χ4n) is 2.49. The van der Waals surface area contributed by atoms with Crippen LogP contribution in [0.15, 0.2) is 40.2 Å². The standard InChI is InChI=1S/C16H22N4O10P2/c1-11(6-7-28-32(26,27)30-31(23,24)25)4-3-5-12(2)8-17-16-13-9-19-29-15(13)14(10-18-16)20(21)22/h5-6,9-10H,3-4,7-8H2,1-2H3,(H,17,18)(H,26,27)(H2,23,24,25). The molecule has 0 amide bonds. The molecule has 0 radical (unpaired) electrons. The van der Waals surface area contributed by atoms with Crippen molar-refractivity contribution in [1.29, 1.82) is 0 Å². The number of aromatic nitrogens is 2. The summed E-state index contributed by atoms with van der Waals surface area (Å²) >= 11 is 0. The van der Waals surface area contributed by atoms with E-state index in [1.807, 2.05) is 13.0 Å². The summed E-state index contributed by atoms with van der Waals surface area (Å²) < 4.78 is 35.0. The van der Waals surface area contributed by atoms with Gasteiger partial charge in [-0.25, -0.2) is 14.1 Å². The fraction of sp³-hybridized carbons (Fsp3) is 0.375. The van der Waals surface area contributed by atoms with Crippen LogP contribution in [0.1, 0.15) is 26.7 Å². The van der Waals surface area contributed by atoms with Gasteiger partial charge in [-0.05, 0) is 26.7 Å². The van der Waals surface area contributed by atoms with Crippen LogP contribution in [0.25, 0.3) is 11.0 Å². The van der Waals surface area contributed by atoms with Gasteiger partial charge in [-0.15, -0.1) is 0 Å². The minimum atomic E-state index is -5.14. The summed E-state index contributed by atoms with van der Waals surface area (Å²) in [6, 6.07) is 0. The predicted molar refractivity (Wildman–Crippen MR) is 113 cm³/mol. The number of nitro groups is 1. The molecule has 0 aliphatic heterocycles. The van der Waals surface area contributed by atoms with E-state index in [0.717, 1.165) is 17.3 Å². The molecule has 0 saturated carbocycles. The lowest BCUT2D eigenvalue weighted by molar-refractivity contribution is -0.384. The van der Waals surface area contributed by atoms with E-state index in [9.17, 15) is 24.1 Å². The lowest BCUT2D eigenvalue weighted by Crippen LogP contribution is -2.05. The maximum absolute atomic E-state index is 11.3. The third-order valence-electron chi connectivity index (χ3n) is 4.02. The van der Waals surface area contributed by atoms with Gasteiger partial charge >= 0.3 is 21.3 Å². The van der Waals surface area contributed by atoms with Gasteiger partial charge in [-0.3, -0.25) is 14.6 Å². The molecule has 176 valence electrons. The maximum Gasteiger partial charge on any atom is 0.481 e. The number of phosphoric ester groups is 1. The van der Waals surface area contributed by atoms with E-state index in [2.05, 4.69) is 24.3 Å². The maximum atomic E-state index is 11.3. The van der Waals surface area contributed by atoms with Crippen molar-refractivity contribution in [2.75, 3.05) is 18.5 Å². The number of phosphoric acid groups is 2. The highest BCUT2D eigenvalue weighted by molar-refractivity contribution is 7.60. The van der Waals surface area contributed by atoms with Crippen LogP contribution < -0.4 is 5.32 Å². The Labute approximate surface area is 181 Å². The first kappa shape index (κ1) is 25.8. The van der Waals surface area contributed by atoms with Gasteiger partial charge in [0, 0.05) is 6.54 Å². The Morgan fingerprint density at radius 3 is 2.62 bits per heavy atom. The minimum absolute atomic E-state index is 0.0377. The van der Waals surface area contributed by atoms with E-state index in [4.69, 9.17) is 14.3 Å². The van der Waals surface area contributed by atoms with E-state index < -0.39 is 20.6 Å². The third-order valence-corrected chi connectivity index (χ3v) is 6.17. The van der Waals surface area contributed by atoms with Crippen molar-refractivity contribution >= 4 is 38.1 Å². The number of rotatable bonds is 12. The smallest absolute Gasteiger partial charge is 0.366 e. The second-order valence-electron chi connectivity index (χ2n) is 6.65. The Morgan fingerprint density at radius 1 is 1.25 bits per heavy atom. The van der Waals surface area contributed by atoms with Gasteiger partial charge in [-0.1, -0.05) is 28.5 Å². The highest BCUT2D eigenvalue weighted by Gasteiger charge is 2.31. The molecule has 14 nitrogen and oxygen atoms in total. The lowest BCUT2D eigenvalue weighted by Gasteiger charge is -2.11. The van der Waals surface area contributed by atoms with Crippen LogP contribution in [0.2, 0.25) is 0 Å². The Morgan fingerprint density at radius 2 is 1.97 bits per heavy atom. The average Bonchev–Trinajstić information content (AvgIpc) is 3.13. The number of allylic oxidation sites excluding steroid dienone is 2. The Kier molecular flexibility index (Phi) is 8.81. The largest absolute Gasteiger partial charge is 0.481 e. The van der Waals surface area contributed by atoms with Gasteiger partial charge in [-0.2, -0.15) is 4.31 Å². The second-order valence-corrected chi connectivity index (χ2v) is 9.48. The van der Waals surface area contributed by atoms with Gasteiger partial charge in [0.05, 0.1) is 23.1 Å². The van der Waals surface area contributed by atoms with Crippen molar-refractivity contribution in [3.05, 3.63) is 45.8 Å². The minimum Gasteiger partial charge on any atom is -0.366 e. The molecule has 4 N–H and O–H groups in total. The summed E-state index contributed by atoms with van der Waals surface area (Å²) in [6.45, 7) is 3.71. The Bertz CT molecular complexity index is 1120. The first-order chi connectivity index (χ1) is 14.9. The van der Waals surface area contributed by atoms with E-state index in [1.54, 1.807) is 6.92 Å². The van der Waals surface area contributed by atoms with Crippen LogP contribution in [-0.4, -0.2) is 42.9 Å². The normalized spacial score (nSPS) is 15.0. The first-order valence-electron chi connectivity index (χ1n) is 9.05. The zero-order valence-corrected chi connectivity index (χ0v) is 18.9. The zero-order chi connectivity index (χ0) is 23.9. The SMILES string of the molecule is CC(=CCOP(=O)(O)OP(=O)(O)O)CCC=C(C)CNc1ncc([N+](=O)[O-])c2oncc12. The number of hydrogen-bond acceptors (Lipinski definition) is 10. The van der Waals surface area contributed by atoms with Crippen LogP contribution in [0.5, 0.6) is 0 Å². The Balaban J connectivity index is 1.83. The summed E-state index contributed by atoms with van der Waals surface area (Å²) in [4.78, 5) is 40.7. The molecular formula is C16H22N4O10P2. The van der Waals surface area contributed by atoms with Crippen LogP contribution in [0.3, 0.4) is 0 Å². The number of nitrogens with one attached hydrogen (secondary N) is 1. The molecular weight excluding hydrogens is 470 g/mol. The molecule has 2 aromatic heterocycles. The fourth-order valence-corrected chi connectivity index (χ4v) is 4.02. The van der Waals surface area contributed by atoms with Crippen molar-refractivity contribution < 1.29 is 42.1 Å². The topological polar surface area (TPSA) is 207 Å². The van der Waals surface area contributed by atoms with Crippen molar-refractivity contribution in [3.63, 3.8) is 0 Å². The van der Waals surface area contributed by atoms with Crippen molar-refractivity contribution in [2.45, 2.75) is 26.7 Å². The molecule has 1 unspecified atom stereocenters. The average molecular weight is 492 g/mol. The molecule has 0 fully saturated rings. The van der Waals surface area contributed by atoms with Crippen molar-refractivity contribution in [1.82, 2.24) is 10.1 Å². The van der Waals surface area contributed by atoms with Crippen LogP contribution in [0.4, 0.5) is 11.5 Å². The molecule has 2 rings (SSSR count). The summed E-state index contributed by atoms with van der Waals surface area (Å²) in [5.74, 6) is 0.402.